The van der Waals surface area contributed by atoms with Crippen LogP contribution in [0.4, 0.5) is 0 Å². The van der Waals surface area contributed by atoms with Crippen molar-refractivity contribution >= 4 is 34.6 Å². The number of amides is 3. The molecule has 6 unspecified atom stereocenters. The van der Waals surface area contributed by atoms with Crippen molar-refractivity contribution in [1.82, 2.24) is 20.9 Å². The van der Waals surface area contributed by atoms with Gasteiger partial charge in [-0.2, -0.15) is 0 Å². The predicted molar refractivity (Wildman–Crippen MR) is 155 cm³/mol. The molecule has 3 rings (SSSR count). The van der Waals surface area contributed by atoms with E-state index in [9.17, 15) is 29.4 Å². The standard InChI is InChI=1S/C30H39N5O6/c1-4-17(2)26(35-28(38)25(31)18(3)36)29(39)33-23(14-19-10-6-5-7-11-19)27(37)34-24(30(40)41)15-20-16-32-22-13-9-8-12-21(20)22/h5-13,16-18,23-26,32,36H,4,14-15,31H2,1-3H3,(H,33,39)(H,34,37)(H,35,38)(H,40,41). The molecule has 1 aromatic heterocycles. The van der Waals surface area contributed by atoms with E-state index < -0.39 is 54.0 Å². The molecule has 0 aliphatic carbocycles. The highest BCUT2D eigenvalue weighted by atomic mass is 16.4. The van der Waals surface area contributed by atoms with Gasteiger partial charge in [0.1, 0.15) is 24.2 Å². The van der Waals surface area contributed by atoms with Gasteiger partial charge in [-0.05, 0) is 30.0 Å². The molecule has 3 aromatic rings. The highest BCUT2D eigenvalue weighted by Crippen LogP contribution is 2.19. The van der Waals surface area contributed by atoms with Crippen molar-refractivity contribution in [1.29, 1.82) is 0 Å². The van der Waals surface area contributed by atoms with Crippen LogP contribution in [0.15, 0.2) is 60.8 Å². The SMILES string of the molecule is CCC(C)C(NC(=O)C(N)C(C)O)C(=O)NC(Cc1ccccc1)C(=O)NC(Cc1c[nH]c2ccccc12)C(=O)O. The molecule has 0 bridgehead atoms. The molecule has 0 fully saturated rings. The first kappa shape index (κ1) is 31.3. The van der Waals surface area contributed by atoms with Crippen molar-refractivity contribution in [3.63, 3.8) is 0 Å². The quantitative estimate of drug-likeness (QED) is 0.153. The molecule has 0 saturated carbocycles. The van der Waals surface area contributed by atoms with Crippen molar-refractivity contribution in [2.75, 3.05) is 0 Å². The van der Waals surface area contributed by atoms with Crippen LogP contribution >= 0.6 is 0 Å². The first-order valence-corrected chi connectivity index (χ1v) is 13.7. The number of nitrogens with two attached hydrogens (primary N) is 1. The van der Waals surface area contributed by atoms with E-state index in [1.807, 2.05) is 37.3 Å². The zero-order chi connectivity index (χ0) is 30.1. The molecule has 3 amide bonds. The predicted octanol–water partition coefficient (Wildman–Crippen LogP) is 1.25. The van der Waals surface area contributed by atoms with Crippen molar-refractivity contribution < 1.29 is 29.4 Å². The highest BCUT2D eigenvalue weighted by molar-refractivity contribution is 5.94. The first-order chi connectivity index (χ1) is 19.5. The van der Waals surface area contributed by atoms with E-state index in [-0.39, 0.29) is 18.8 Å². The second-order valence-electron chi connectivity index (χ2n) is 10.4. The molecule has 0 aliphatic heterocycles. The number of carbonyl (C=O) groups excluding carboxylic acids is 3. The molecule has 220 valence electrons. The van der Waals surface area contributed by atoms with Crippen molar-refractivity contribution in [3.05, 3.63) is 71.9 Å². The number of carboxylic acid groups (broad SMARTS) is 1. The third-order valence-electron chi connectivity index (χ3n) is 7.24. The number of aromatic amines is 1. The molecule has 8 N–H and O–H groups in total. The molecule has 6 atom stereocenters. The molecule has 2 aromatic carbocycles. The number of carboxylic acids is 1. The zero-order valence-electron chi connectivity index (χ0n) is 23.5. The van der Waals surface area contributed by atoms with Gasteiger partial charge in [0, 0.05) is 29.9 Å². The number of hydrogen-bond donors (Lipinski definition) is 7. The zero-order valence-corrected chi connectivity index (χ0v) is 23.5. The van der Waals surface area contributed by atoms with Crippen LogP contribution in [-0.2, 0) is 32.0 Å². The molecule has 0 aliphatic rings. The third kappa shape index (κ3) is 8.38. The fourth-order valence-corrected chi connectivity index (χ4v) is 4.48. The Balaban J connectivity index is 1.83. The summed E-state index contributed by atoms with van der Waals surface area (Å²) in [5.74, 6) is -3.54. The van der Waals surface area contributed by atoms with Crippen LogP contribution in [0.25, 0.3) is 10.9 Å². The fourth-order valence-electron chi connectivity index (χ4n) is 4.48. The summed E-state index contributed by atoms with van der Waals surface area (Å²) < 4.78 is 0. The van der Waals surface area contributed by atoms with Crippen LogP contribution < -0.4 is 21.7 Å². The number of aliphatic carboxylic acids is 1. The monoisotopic (exact) mass is 565 g/mol. The van der Waals surface area contributed by atoms with Gasteiger partial charge in [0.05, 0.1) is 6.10 Å². The van der Waals surface area contributed by atoms with Gasteiger partial charge in [0.25, 0.3) is 0 Å². The van der Waals surface area contributed by atoms with E-state index in [0.717, 1.165) is 22.0 Å². The maximum atomic E-state index is 13.5. The minimum absolute atomic E-state index is 0.0277. The largest absolute Gasteiger partial charge is 0.480 e. The lowest BCUT2D eigenvalue weighted by Crippen LogP contribution is -2.60. The minimum Gasteiger partial charge on any atom is -0.480 e. The molecule has 0 spiro atoms. The van der Waals surface area contributed by atoms with Crippen LogP contribution in [0, 0.1) is 5.92 Å². The maximum Gasteiger partial charge on any atom is 0.326 e. The average molecular weight is 566 g/mol. The number of benzene rings is 2. The first-order valence-electron chi connectivity index (χ1n) is 13.7. The highest BCUT2D eigenvalue weighted by Gasteiger charge is 2.33. The Kier molecular flexibility index (Phi) is 11.0. The van der Waals surface area contributed by atoms with E-state index >= 15 is 0 Å². The lowest BCUT2D eigenvalue weighted by atomic mass is 9.96. The molecule has 11 nitrogen and oxygen atoms in total. The smallest absolute Gasteiger partial charge is 0.326 e. The summed E-state index contributed by atoms with van der Waals surface area (Å²) in [7, 11) is 0. The number of nitrogens with one attached hydrogen (secondary N) is 4. The van der Waals surface area contributed by atoms with E-state index in [4.69, 9.17) is 5.73 Å². The normalized spacial score (nSPS) is 15.6. The maximum absolute atomic E-state index is 13.5. The number of para-hydroxylation sites is 1. The molecule has 41 heavy (non-hydrogen) atoms. The van der Waals surface area contributed by atoms with E-state index in [2.05, 4.69) is 20.9 Å². The van der Waals surface area contributed by atoms with Crippen LogP contribution in [0.5, 0.6) is 0 Å². The summed E-state index contributed by atoms with van der Waals surface area (Å²) in [6.45, 7) is 4.99. The molecule has 0 radical (unpaired) electrons. The Morgan fingerprint density at radius 3 is 2.12 bits per heavy atom. The van der Waals surface area contributed by atoms with Crippen LogP contribution in [-0.4, -0.2) is 69.2 Å². The minimum atomic E-state index is -1.26. The van der Waals surface area contributed by atoms with E-state index in [0.29, 0.717) is 6.42 Å². The second kappa shape index (κ2) is 14.4. The Hall–Kier alpha value is -4.22. The third-order valence-corrected chi connectivity index (χ3v) is 7.24. The summed E-state index contributed by atoms with van der Waals surface area (Å²) in [4.78, 5) is 54.9. The van der Waals surface area contributed by atoms with Crippen LogP contribution in [0.3, 0.4) is 0 Å². The summed E-state index contributed by atoms with van der Waals surface area (Å²) in [5, 5.41) is 28.4. The van der Waals surface area contributed by atoms with Gasteiger partial charge in [-0.1, -0.05) is 68.8 Å². The molecular formula is C30H39N5O6. The number of fused-ring (bicyclic) bond motifs is 1. The molecule has 11 heteroatoms. The van der Waals surface area contributed by atoms with Gasteiger partial charge in [-0.25, -0.2) is 4.79 Å². The fraction of sp³-hybridized carbons (Fsp3) is 0.400. The number of rotatable bonds is 14. The number of aromatic nitrogens is 1. The molecular weight excluding hydrogens is 526 g/mol. The topological polar surface area (TPSA) is 187 Å². The number of aliphatic hydroxyl groups excluding tert-OH is 1. The summed E-state index contributed by atoms with van der Waals surface area (Å²) in [6, 6.07) is 11.8. The Morgan fingerprint density at radius 1 is 0.854 bits per heavy atom. The van der Waals surface area contributed by atoms with Crippen molar-refractivity contribution in [2.24, 2.45) is 11.7 Å². The van der Waals surface area contributed by atoms with Gasteiger partial charge in [-0.15, -0.1) is 0 Å². The molecule has 0 saturated heterocycles. The second-order valence-corrected chi connectivity index (χ2v) is 10.4. The Labute approximate surface area is 238 Å². The van der Waals surface area contributed by atoms with Crippen molar-refractivity contribution in [3.8, 4) is 0 Å². The number of carbonyl (C=O) groups is 4. The van der Waals surface area contributed by atoms with E-state index in [1.165, 1.54) is 6.92 Å². The van der Waals surface area contributed by atoms with Crippen molar-refractivity contribution in [2.45, 2.75) is 70.3 Å². The van der Waals surface area contributed by atoms with Crippen LogP contribution in [0.1, 0.15) is 38.3 Å². The van der Waals surface area contributed by atoms with Gasteiger partial charge in [0.15, 0.2) is 0 Å². The van der Waals surface area contributed by atoms with Gasteiger partial charge < -0.3 is 36.9 Å². The summed E-state index contributed by atoms with van der Waals surface area (Å²) in [6.07, 6.45) is 1.24. The van der Waals surface area contributed by atoms with Gasteiger partial charge in [-0.3, -0.25) is 14.4 Å². The lowest BCUT2D eigenvalue weighted by Gasteiger charge is -2.28. The Bertz CT molecular complexity index is 1340. The lowest BCUT2D eigenvalue weighted by molar-refractivity contribution is -0.142. The number of hydrogen-bond acceptors (Lipinski definition) is 6. The molecule has 1 heterocycles. The summed E-state index contributed by atoms with van der Waals surface area (Å²) in [5.41, 5.74) is 8.08. The van der Waals surface area contributed by atoms with E-state index in [1.54, 1.807) is 37.4 Å². The number of aliphatic hydroxyl groups is 1. The Morgan fingerprint density at radius 2 is 1.49 bits per heavy atom. The van der Waals surface area contributed by atoms with Crippen LogP contribution in [0.2, 0.25) is 0 Å². The van der Waals surface area contributed by atoms with Gasteiger partial charge >= 0.3 is 5.97 Å². The van der Waals surface area contributed by atoms with Gasteiger partial charge in [0.2, 0.25) is 17.7 Å². The number of H-pyrrole nitrogens is 1. The summed E-state index contributed by atoms with van der Waals surface area (Å²) >= 11 is 0. The average Bonchev–Trinajstić information content (AvgIpc) is 3.37.